The lowest BCUT2D eigenvalue weighted by Crippen LogP contribution is -2.46. The second-order valence-electron chi connectivity index (χ2n) is 5.84. The van der Waals surface area contributed by atoms with Gasteiger partial charge in [0.15, 0.2) is 5.78 Å². The van der Waals surface area contributed by atoms with Crippen molar-refractivity contribution in [2.45, 2.75) is 26.2 Å². The molecule has 5 heteroatoms. The van der Waals surface area contributed by atoms with Crippen LogP contribution in [-0.2, 0) is 0 Å². The molecule has 1 aliphatic carbocycles. The number of carbonyl (C=O) groups excluding carboxylic acids is 1. The van der Waals surface area contributed by atoms with Gasteiger partial charge < -0.3 is 10.6 Å². The number of hydrogen-bond acceptors (Lipinski definition) is 5. The molecule has 1 aromatic rings. The summed E-state index contributed by atoms with van der Waals surface area (Å²) >= 11 is 1.59. The Hall–Kier alpha value is -1.07. The van der Waals surface area contributed by atoms with Crippen LogP contribution in [0.15, 0.2) is 6.07 Å². The quantitative estimate of drug-likeness (QED) is 0.847. The Kier molecular flexibility index (Phi) is 3.98. The first kappa shape index (κ1) is 13.9. The average Bonchev–Trinajstić information content (AvgIpc) is 3.22. The molecule has 1 aliphatic heterocycles. The first-order chi connectivity index (χ1) is 9.69. The number of nitrogens with zero attached hydrogens (tertiary/aromatic N) is 2. The number of piperazine rings is 1. The van der Waals surface area contributed by atoms with Gasteiger partial charge in [-0.05, 0) is 31.9 Å². The molecule has 2 N–H and O–H groups in total. The maximum absolute atomic E-state index is 12.2. The minimum Gasteiger partial charge on any atom is -0.397 e. The van der Waals surface area contributed by atoms with Gasteiger partial charge in [-0.3, -0.25) is 9.69 Å². The highest BCUT2D eigenvalue weighted by Gasteiger charge is 2.33. The Morgan fingerprint density at radius 2 is 2.05 bits per heavy atom. The van der Waals surface area contributed by atoms with E-state index in [4.69, 9.17) is 5.73 Å². The third-order valence-corrected chi connectivity index (χ3v) is 5.37. The molecule has 20 heavy (non-hydrogen) atoms. The highest BCUT2D eigenvalue weighted by molar-refractivity contribution is 7.18. The number of nitrogens with two attached hydrogens (primary N) is 1. The molecular weight excluding hydrogens is 270 g/mol. The summed E-state index contributed by atoms with van der Waals surface area (Å²) in [5.74, 6) is 0.522. The van der Waals surface area contributed by atoms with Crippen molar-refractivity contribution in [1.82, 2.24) is 4.90 Å². The first-order valence-corrected chi connectivity index (χ1v) is 8.41. The molecule has 110 valence electrons. The number of Topliss-reactive ketones (excluding diaryl/α,β-unsaturated/α-hetero) is 1. The molecule has 2 heterocycles. The van der Waals surface area contributed by atoms with E-state index in [-0.39, 0.29) is 11.7 Å². The number of nitrogen functional groups attached to an aromatic ring is 1. The Morgan fingerprint density at radius 3 is 2.65 bits per heavy atom. The van der Waals surface area contributed by atoms with E-state index in [1.807, 2.05) is 6.07 Å². The van der Waals surface area contributed by atoms with Crippen LogP contribution in [0.5, 0.6) is 0 Å². The molecule has 0 amide bonds. The van der Waals surface area contributed by atoms with Crippen LogP contribution < -0.4 is 10.6 Å². The van der Waals surface area contributed by atoms with Crippen molar-refractivity contribution in [1.29, 1.82) is 0 Å². The molecular formula is C15H23N3OS. The van der Waals surface area contributed by atoms with Crippen molar-refractivity contribution in [2.24, 2.45) is 5.92 Å². The number of thiophene rings is 1. The lowest BCUT2D eigenvalue weighted by Gasteiger charge is -2.35. The van der Waals surface area contributed by atoms with Crippen molar-refractivity contribution in [3.8, 4) is 0 Å². The van der Waals surface area contributed by atoms with Gasteiger partial charge in [-0.25, -0.2) is 0 Å². The molecule has 0 spiro atoms. The molecule has 2 aliphatic rings. The van der Waals surface area contributed by atoms with Crippen molar-refractivity contribution in [3.05, 3.63) is 10.9 Å². The first-order valence-electron chi connectivity index (χ1n) is 7.60. The summed E-state index contributed by atoms with van der Waals surface area (Å²) in [6, 6.07) is 2.00. The topological polar surface area (TPSA) is 49.6 Å². The highest BCUT2D eigenvalue weighted by Crippen LogP contribution is 2.39. The fourth-order valence-electron chi connectivity index (χ4n) is 2.78. The van der Waals surface area contributed by atoms with Crippen LogP contribution in [0.25, 0.3) is 0 Å². The SMILES string of the molecule is CCCN1CCN(c2cc(N)c(C(=O)C3CC3)s2)CC1. The van der Waals surface area contributed by atoms with Gasteiger partial charge in [0.1, 0.15) is 0 Å². The molecule has 1 aromatic heterocycles. The Bertz CT molecular complexity index is 487. The zero-order valence-electron chi connectivity index (χ0n) is 12.1. The lowest BCUT2D eigenvalue weighted by atomic mass is 10.2. The molecule has 0 bridgehead atoms. The zero-order chi connectivity index (χ0) is 14.1. The van der Waals surface area contributed by atoms with Crippen LogP contribution in [0.2, 0.25) is 0 Å². The van der Waals surface area contributed by atoms with Crippen LogP contribution in [-0.4, -0.2) is 43.4 Å². The van der Waals surface area contributed by atoms with Crippen LogP contribution in [0.1, 0.15) is 35.9 Å². The molecule has 0 aromatic carbocycles. The van der Waals surface area contributed by atoms with E-state index in [1.165, 1.54) is 18.0 Å². The van der Waals surface area contributed by atoms with E-state index >= 15 is 0 Å². The van der Waals surface area contributed by atoms with Gasteiger partial charge in [-0.2, -0.15) is 0 Å². The van der Waals surface area contributed by atoms with Gasteiger partial charge in [0.05, 0.1) is 15.6 Å². The molecule has 4 nitrogen and oxygen atoms in total. The van der Waals surface area contributed by atoms with Crippen LogP contribution in [0, 0.1) is 5.92 Å². The molecule has 0 atom stereocenters. The summed E-state index contributed by atoms with van der Waals surface area (Å²) in [4.78, 5) is 17.8. The maximum Gasteiger partial charge on any atom is 0.178 e. The van der Waals surface area contributed by atoms with Crippen LogP contribution >= 0.6 is 11.3 Å². The summed E-state index contributed by atoms with van der Waals surface area (Å²) in [5, 5.41) is 1.17. The monoisotopic (exact) mass is 293 g/mol. The van der Waals surface area contributed by atoms with Crippen molar-refractivity contribution < 1.29 is 4.79 Å². The molecule has 0 radical (unpaired) electrons. The van der Waals surface area contributed by atoms with Crippen molar-refractivity contribution in [2.75, 3.05) is 43.4 Å². The minimum atomic E-state index is 0.255. The van der Waals surface area contributed by atoms with Crippen LogP contribution in [0.3, 0.4) is 0 Å². The van der Waals surface area contributed by atoms with E-state index < -0.39 is 0 Å². The molecule has 1 saturated carbocycles. The minimum absolute atomic E-state index is 0.255. The van der Waals surface area contributed by atoms with Crippen LogP contribution in [0.4, 0.5) is 10.7 Å². The highest BCUT2D eigenvalue weighted by atomic mass is 32.1. The predicted molar refractivity (Wildman–Crippen MR) is 84.7 cm³/mol. The number of rotatable bonds is 5. The van der Waals surface area contributed by atoms with Gasteiger partial charge in [-0.15, -0.1) is 11.3 Å². The van der Waals surface area contributed by atoms with E-state index in [0.717, 1.165) is 43.9 Å². The smallest absolute Gasteiger partial charge is 0.178 e. The summed E-state index contributed by atoms with van der Waals surface area (Å²) in [6.45, 7) is 7.71. The average molecular weight is 293 g/mol. The standard InChI is InChI=1S/C15H23N3OS/c1-2-5-17-6-8-18(9-7-17)13-10-12(16)15(20-13)14(19)11-3-4-11/h10-11H,2-9,16H2,1H3. The fourth-order valence-corrected chi connectivity index (χ4v) is 3.93. The number of carbonyl (C=O) groups is 1. The Labute approximate surface area is 124 Å². The predicted octanol–water partition coefficient (Wildman–Crippen LogP) is 2.46. The van der Waals surface area contributed by atoms with Gasteiger partial charge in [0.2, 0.25) is 0 Å². The Balaban J connectivity index is 1.66. The van der Waals surface area contributed by atoms with E-state index in [1.54, 1.807) is 11.3 Å². The normalized spacial score (nSPS) is 20.4. The summed E-state index contributed by atoms with van der Waals surface area (Å²) in [7, 11) is 0. The molecule has 3 rings (SSSR count). The third-order valence-electron chi connectivity index (χ3n) is 4.14. The van der Waals surface area contributed by atoms with Gasteiger partial charge in [0, 0.05) is 32.1 Å². The number of hydrogen-bond donors (Lipinski definition) is 1. The van der Waals surface area contributed by atoms with Crippen molar-refractivity contribution >= 4 is 27.8 Å². The molecule has 2 fully saturated rings. The second kappa shape index (κ2) is 5.74. The summed E-state index contributed by atoms with van der Waals surface area (Å²) in [5.41, 5.74) is 6.72. The number of ketones is 1. The van der Waals surface area contributed by atoms with E-state index in [0.29, 0.717) is 5.69 Å². The summed E-state index contributed by atoms with van der Waals surface area (Å²) in [6.07, 6.45) is 3.30. The van der Waals surface area contributed by atoms with Gasteiger partial charge in [-0.1, -0.05) is 6.92 Å². The Morgan fingerprint density at radius 1 is 1.35 bits per heavy atom. The maximum atomic E-state index is 12.2. The van der Waals surface area contributed by atoms with Gasteiger partial charge in [0.25, 0.3) is 0 Å². The fraction of sp³-hybridized carbons (Fsp3) is 0.667. The molecule has 0 unspecified atom stereocenters. The second-order valence-corrected chi connectivity index (χ2v) is 6.87. The third kappa shape index (κ3) is 2.83. The van der Waals surface area contributed by atoms with E-state index in [2.05, 4.69) is 16.7 Å². The largest absolute Gasteiger partial charge is 0.397 e. The van der Waals surface area contributed by atoms with Crippen molar-refractivity contribution in [3.63, 3.8) is 0 Å². The van der Waals surface area contributed by atoms with E-state index in [9.17, 15) is 4.79 Å². The van der Waals surface area contributed by atoms with Gasteiger partial charge >= 0.3 is 0 Å². The molecule has 1 saturated heterocycles. The zero-order valence-corrected chi connectivity index (χ0v) is 12.9. The lowest BCUT2D eigenvalue weighted by molar-refractivity contribution is 0.0972. The summed E-state index contributed by atoms with van der Waals surface area (Å²) < 4.78 is 0. The number of anilines is 2.